The average Bonchev–Trinajstić information content (AvgIpc) is 2.75. The van der Waals surface area contributed by atoms with Crippen molar-refractivity contribution in [2.24, 2.45) is 11.8 Å². The van der Waals surface area contributed by atoms with Crippen LogP contribution in [0.5, 0.6) is 0 Å². The smallest absolute Gasteiger partial charge is 0.0767 e. The Labute approximate surface area is 119 Å². The fourth-order valence-electron chi connectivity index (χ4n) is 2.59. The molecule has 1 aliphatic heterocycles. The molecular weight excluding hydrogens is 288 g/mol. The largest absolute Gasteiger partial charge is 0.376 e. The second-order valence-electron chi connectivity index (χ2n) is 5.84. The van der Waals surface area contributed by atoms with Crippen LogP contribution in [0.25, 0.3) is 0 Å². The maximum absolute atomic E-state index is 5.83. The summed E-state index contributed by atoms with van der Waals surface area (Å²) in [5, 5.41) is 0. The number of hydrogen-bond donors (Lipinski definition) is 0. The summed E-state index contributed by atoms with van der Waals surface area (Å²) in [6.07, 6.45) is 2.66. The molecule has 1 aromatic rings. The summed E-state index contributed by atoms with van der Waals surface area (Å²) in [5.41, 5.74) is 2.76. The quantitative estimate of drug-likeness (QED) is 0.729. The molecule has 0 spiro atoms. The van der Waals surface area contributed by atoms with E-state index in [1.165, 1.54) is 17.5 Å². The Bertz CT molecular complexity index is 371. The standard InChI is InChI=1S/C16H23BrO/c1-11(2)10-13-4-6-14(7-5-13)15(17)16-12(3)8-9-18-16/h4-7,11-12,15-16H,8-10H2,1-3H3. The summed E-state index contributed by atoms with van der Waals surface area (Å²) in [7, 11) is 0. The molecule has 0 bridgehead atoms. The predicted octanol–water partition coefficient (Wildman–Crippen LogP) is 4.75. The monoisotopic (exact) mass is 310 g/mol. The highest BCUT2D eigenvalue weighted by Gasteiger charge is 2.31. The van der Waals surface area contributed by atoms with Gasteiger partial charge in [-0.25, -0.2) is 0 Å². The van der Waals surface area contributed by atoms with Crippen molar-refractivity contribution in [1.29, 1.82) is 0 Å². The van der Waals surface area contributed by atoms with Gasteiger partial charge in [-0.1, -0.05) is 61.0 Å². The van der Waals surface area contributed by atoms with E-state index in [9.17, 15) is 0 Å². The zero-order valence-electron chi connectivity index (χ0n) is 11.5. The molecule has 1 heterocycles. The Balaban J connectivity index is 2.04. The van der Waals surface area contributed by atoms with Crippen molar-refractivity contribution < 1.29 is 4.74 Å². The van der Waals surface area contributed by atoms with Gasteiger partial charge in [0, 0.05) is 6.61 Å². The third kappa shape index (κ3) is 3.36. The van der Waals surface area contributed by atoms with Gasteiger partial charge in [0.1, 0.15) is 0 Å². The van der Waals surface area contributed by atoms with Crippen LogP contribution in [0.15, 0.2) is 24.3 Å². The molecule has 1 saturated heterocycles. The lowest BCUT2D eigenvalue weighted by molar-refractivity contribution is 0.0935. The van der Waals surface area contributed by atoms with Crippen LogP contribution in [0.1, 0.15) is 43.1 Å². The van der Waals surface area contributed by atoms with Crippen molar-refractivity contribution in [3.63, 3.8) is 0 Å². The molecule has 1 fully saturated rings. The van der Waals surface area contributed by atoms with Crippen LogP contribution in [0.3, 0.4) is 0 Å². The summed E-state index contributed by atoms with van der Waals surface area (Å²) < 4.78 is 5.83. The Morgan fingerprint density at radius 1 is 1.28 bits per heavy atom. The van der Waals surface area contributed by atoms with Crippen LogP contribution < -0.4 is 0 Å². The van der Waals surface area contributed by atoms with Crippen LogP contribution >= 0.6 is 15.9 Å². The highest BCUT2D eigenvalue weighted by molar-refractivity contribution is 9.09. The number of rotatable bonds is 4. The van der Waals surface area contributed by atoms with E-state index >= 15 is 0 Å². The van der Waals surface area contributed by atoms with Crippen LogP contribution in [0.4, 0.5) is 0 Å². The maximum Gasteiger partial charge on any atom is 0.0767 e. The van der Waals surface area contributed by atoms with E-state index in [1.807, 2.05) is 0 Å². The number of ether oxygens (including phenoxy) is 1. The second-order valence-corrected chi connectivity index (χ2v) is 6.83. The maximum atomic E-state index is 5.83. The first kappa shape index (κ1) is 14.1. The Morgan fingerprint density at radius 2 is 1.94 bits per heavy atom. The molecule has 0 radical (unpaired) electrons. The van der Waals surface area contributed by atoms with Crippen molar-refractivity contribution in [2.45, 2.75) is 44.5 Å². The van der Waals surface area contributed by atoms with Gasteiger partial charge in [0.2, 0.25) is 0 Å². The lowest BCUT2D eigenvalue weighted by atomic mass is 9.95. The Morgan fingerprint density at radius 3 is 2.44 bits per heavy atom. The van der Waals surface area contributed by atoms with Crippen LogP contribution in [0, 0.1) is 11.8 Å². The third-order valence-electron chi connectivity index (χ3n) is 3.67. The molecule has 0 N–H and O–H groups in total. The molecule has 2 heteroatoms. The van der Waals surface area contributed by atoms with E-state index in [0.29, 0.717) is 22.8 Å². The van der Waals surface area contributed by atoms with Gasteiger partial charge in [-0.05, 0) is 35.8 Å². The number of alkyl halides is 1. The van der Waals surface area contributed by atoms with E-state index in [-0.39, 0.29) is 0 Å². The van der Waals surface area contributed by atoms with E-state index in [0.717, 1.165) is 13.0 Å². The zero-order chi connectivity index (χ0) is 13.1. The van der Waals surface area contributed by atoms with Gasteiger partial charge >= 0.3 is 0 Å². The second kappa shape index (κ2) is 6.21. The van der Waals surface area contributed by atoms with Gasteiger partial charge in [-0.2, -0.15) is 0 Å². The highest BCUT2D eigenvalue weighted by Crippen LogP contribution is 2.37. The molecule has 0 amide bonds. The summed E-state index contributed by atoms with van der Waals surface area (Å²) in [4.78, 5) is 0.322. The van der Waals surface area contributed by atoms with Crippen molar-refractivity contribution in [3.8, 4) is 0 Å². The SMILES string of the molecule is CC(C)Cc1ccc(C(Br)C2OCCC2C)cc1. The topological polar surface area (TPSA) is 9.23 Å². The molecule has 0 aromatic heterocycles. The summed E-state index contributed by atoms with van der Waals surface area (Å²) in [6.45, 7) is 7.70. The van der Waals surface area contributed by atoms with Gasteiger partial charge in [-0.15, -0.1) is 0 Å². The van der Waals surface area contributed by atoms with Crippen LogP contribution in [0.2, 0.25) is 0 Å². The fourth-order valence-corrected chi connectivity index (χ4v) is 3.57. The molecule has 1 aromatic carbocycles. The van der Waals surface area contributed by atoms with Crippen molar-refractivity contribution in [1.82, 2.24) is 0 Å². The van der Waals surface area contributed by atoms with Gasteiger partial charge in [0.15, 0.2) is 0 Å². The van der Waals surface area contributed by atoms with Crippen molar-refractivity contribution in [2.75, 3.05) is 6.61 Å². The zero-order valence-corrected chi connectivity index (χ0v) is 13.1. The minimum Gasteiger partial charge on any atom is -0.376 e. The molecular formula is C16H23BrO. The number of benzene rings is 1. The molecule has 3 unspecified atom stereocenters. The minimum atomic E-state index is 0.320. The molecule has 0 saturated carbocycles. The van der Waals surface area contributed by atoms with E-state index < -0.39 is 0 Å². The minimum absolute atomic E-state index is 0.320. The molecule has 1 aliphatic rings. The van der Waals surface area contributed by atoms with Gasteiger partial charge in [0.25, 0.3) is 0 Å². The number of halogens is 1. The Kier molecular flexibility index (Phi) is 4.85. The predicted molar refractivity (Wildman–Crippen MR) is 80.2 cm³/mol. The first-order valence-corrected chi connectivity index (χ1v) is 7.84. The Hall–Kier alpha value is -0.340. The summed E-state index contributed by atoms with van der Waals surface area (Å²) in [6, 6.07) is 8.99. The van der Waals surface area contributed by atoms with Crippen molar-refractivity contribution in [3.05, 3.63) is 35.4 Å². The summed E-state index contributed by atoms with van der Waals surface area (Å²) >= 11 is 3.80. The van der Waals surface area contributed by atoms with E-state index in [4.69, 9.17) is 4.74 Å². The molecule has 18 heavy (non-hydrogen) atoms. The van der Waals surface area contributed by atoms with E-state index in [1.54, 1.807) is 0 Å². The van der Waals surface area contributed by atoms with Crippen molar-refractivity contribution >= 4 is 15.9 Å². The fraction of sp³-hybridized carbons (Fsp3) is 0.625. The molecule has 3 atom stereocenters. The normalized spacial score (nSPS) is 25.6. The molecule has 100 valence electrons. The van der Waals surface area contributed by atoms with Crippen LogP contribution in [-0.4, -0.2) is 12.7 Å². The average molecular weight is 311 g/mol. The highest BCUT2D eigenvalue weighted by atomic mass is 79.9. The molecule has 2 rings (SSSR count). The van der Waals surface area contributed by atoms with E-state index in [2.05, 4.69) is 61.0 Å². The first-order valence-electron chi connectivity index (χ1n) is 6.92. The van der Waals surface area contributed by atoms with Gasteiger partial charge < -0.3 is 4.74 Å². The van der Waals surface area contributed by atoms with Gasteiger partial charge in [-0.3, -0.25) is 0 Å². The summed E-state index contributed by atoms with van der Waals surface area (Å²) in [5.74, 6) is 1.36. The van der Waals surface area contributed by atoms with Gasteiger partial charge in [0.05, 0.1) is 10.9 Å². The first-order chi connectivity index (χ1) is 8.58. The van der Waals surface area contributed by atoms with Crippen LogP contribution in [-0.2, 0) is 11.2 Å². The lowest BCUT2D eigenvalue weighted by Gasteiger charge is -2.21. The lowest BCUT2D eigenvalue weighted by Crippen LogP contribution is -2.19. The third-order valence-corrected chi connectivity index (χ3v) is 4.72. The molecule has 1 nitrogen and oxygen atoms in total. The number of hydrogen-bond acceptors (Lipinski definition) is 1. The molecule has 0 aliphatic carbocycles.